The fourth-order valence-electron chi connectivity index (χ4n) is 2.83. The summed E-state index contributed by atoms with van der Waals surface area (Å²) in [4.78, 5) is 3.27. The van der Waals surface area contributed by atoms with Gasteiger partial charge in [0, 0.05) is 37.6 Å². The van der Waals surface area contributed by atoms with Crippen LogP contribution in [0.15, 0.2) is 40.6 Å². The quantitative estimate of drug-likeness (QED) is 0.720. The molecular formula is C18H23FN2O3S2. The second-order valence-corrected chi connectivity index (χ2v) is 9.46. The van der Waals surface area contributed by atoms with E-state index in [1.54, 1.807) is 22.5 Å². The van der Waals surface area contributed by atoms with Crippen molar-refractivity contribution in [2.45, 2.75) is 17.6 Å². The van der Waals surface area contributed by atoms with Crippen molar-refractivity contribution < 1.29 is 17.5 Å². The maximum absolute atomic E-state index is 12.9. The lowest BCUT2D eigenvalue weighted by Gasteiger charge is -2.33. The summed E-state index contributed by atoms with van der Waals surface area (Å²) >= 11 is 1.36. The molecule has 1 aromatic carbocycles. The summed E-state index contributed by atoms with van der Waals surface area (Å²) in [5.74, 6) is 0.350. The number of hydrogen-bond donors (Lipinski definition) is 0. The molecule has 2 heterocycles. The standard InChI is InChI=1S/C18H23FN2O3S2/c1-2-17-7-8-18(25-17)26(22,23)21-11-9-20(10-12-21)13-14-24-16-5-3-15(19)4-6-16/h3-8H,2,9-14H2,1H3. The van der Waals surface area contributed by atoms with Gasteiger partial charge in [0.25, 0.3) is 10.0 Å². The summed E-state index contributed by atoms with van der Waals surface area (Å²) in [5, 5.41) is 0. The molecule has 0 radical (unpaired) electrons. The van der Waals surface area contributed by atoms with Crippen molar-refractivity contribution in [1.29, 1.82) is 0 Å². The van der Waals surface area contributed by atoms with Crippen molar-refractivity contribution in [2.24, 2.45) is 0 Å². The molecule has 0 saturated carbocycles. The van der Waals surface area contributed by atoms with Gasteiger partial charge in [-0.2, -0.15) is 4.31 Å². The van der Waals surface area contributed by atoms with Crippen molar-refractivity contribution >= 4 is 21.4 Å². The SMILES string of the molecule is CCc1ccc(S(=O)(=O)N2CCN(CCOc3ccc(F)cc3)CC2)s1. The molecule has 0 atom stereocenters. The molecule has 0 amide bonds. The minimum Gasteiger partial charge on any atom is -0.492 e. The first-order valence-electron chi connectivity index (χ1n) is 8.68. The van der Waals surface area contributed by atoms with Gasteiger partial charge in [-0.25, -0.2) is 12.8 Å². The molecule has 142 valence electrons. The van der Waals surface area contributed by atoms with Crippen molar-refractivity contribution in [3.63, 3.8) is 0 Å². The number of piperazine rings is 1. The predicted octanol–water partition coefficient (Wildman–Crippen LogP) is 2.83. The third kappa shape index (κ3) is 4.62. The Hall–Kier alpha value is -1.48. The predicted molar refractivity (Wildman–Crippen MR) is 101 cm³/mol. The summed E-state index contributed by atoms with van der Waals surface area (Å²) in [6.45, 7) is 5.55. The van der Waals surface area contributed by atoms with Gasteiger partial charge in [0.05, 0.1) is 0 Å². The van der Waals surface area contributed by atoms with Crippen LogP contribution in [0.2, 0.25) is 0 Å². The van der Waals surface area contributed by atoms with E-state index in [1.165, 1.54) is 23.5 Å². The van der Waals surface area contributed by atoms with E-state index in [2.05, 4.69) is 4.90 Å². The van der Waals surface area contributed by atoms with Gasteiger partial charge in [-0.05, 0) is 42.8 Å². The second-order valence-electron chi connectivity index (χ2n) is 6.12. The summed E-state index contributed by atoms with van der Waals surface area (Å²) < 4.78 is 45.9. The van der Waals surface area contributed by atoms with Gasteiger partial charge in [-0.3, -0.25) is 4.90 Å². The first-order chi connectivity index (χ1) is 12.5. The number of hydrogen-bond acceptors (Lipinski definition) is 5. The van der Waals surface area contributed by atoms with Crippen molar-refractivity contribution in [2.75, 3.05) is 39.3 Å². The van der Waals surface area contributed by atoms with Gasteiger partial charge in [0.2, 0.25) is 0 Å². The highest BCUT2D eigenvalue weighted by Gasteiger charge is 2.29. The molecule has 8 heteroatoms. The summed E-state index contributed by atoms with van der Waals surface area (Å²) in [6.07, 6.45) is 0.849. The fraction of sp³-hybridized carbons (Fsp3) is 0.444. The van der Waals surface area contributed by atoms with Gasteiger partial charge >= 0.3 is 0 Å². The lowest BCUT2D eigenvalue weighted by Crippen LogP contribution is -2.49. The Morgan fingerprint density at radius 3 is 2.38 bits per heavy atom. The Labute approximate surface area is 158 Å². The molecule has 3 rings (SSSR count). The van der Waals surface area contributed by atoms with Crippen molar-refractivity contribution in [3.05, 3.63) is 47.1 Å². The molecule has 1 fully saturated rings. The molecular weight excluding hydrogens is 375 g/mol. The van der Waals surface area contributed by atoms with Crippen LogP contribution >= 0.6 is 11.3 Å². The van der Waals surface area contributed by atoms with E-state index in [-0.39, 0.29) is 5.82 Å². The van der Waals surface area contributed by atoms with Crippen LogP contribution in [-0.2, 0) is 16.4 Å². The van der Waals surface area contributed by atoms with Crippen molar-refractivity contribution in [3.8, 4) is 5.75 Å². The normalized spacial score (nSPS) is 16.7. The molecule has 0 N–H and O–H groups in total. The summed E-state index contributed by atoms with van der Waals surface area (Å²) in [7, 11) is -3.38. The highest BCUT2D eigenvalue weighted by Crippen LogP contribution is 2.26. The van der Waals surface area contributed by atoms with Crippen LogP contribution in [-0.4, -0.2) is 57.0 Å². The number of sulfonamides is 1. The van der Waals surface area contributed by atoms with Crippen LogP contribution in [0.3, 0.4) is 0 Å². The maximum atomic E-state index is 12.9. The maximum Gasteiger partial charge on any atom is 0.252 e. The Bertz CT molecular complexity index is 813. The lowest BCUT2D eigenvalue weighted by atomic mass is 10.3. The molecule has 26 heavy (non-hydrogen) atoms. The zero-order valence-corrected chi connectivity index (χ0v) is 16.4. The van der Waals surface area contributed by atoms with E-state index >= 15 is 0 Å². The van der Waals surface area contributed by atoms with E-state index in [1.807, 2.05) is 13.0 Å². The molecule has 1 aliphatic heterocycles. The number of ether oxygens (including phenoxy) is 1. The van der Waals surface area contributed by atoms with Gasteiger partial charge < -0.3 is 4.74 Å². The molecule has 5 nitrogen and oxygen atoms in total. The van der Waals surface area contributed by atoms with Crippen LogP contribution in [0.25, 0.3) is 0 Å². The van der Waals surface area contributed by atoms with Crippen LogP contribution < -0.4 is 4.74 Å². The Morgan fingerprint density at radius 2 is 1.77 bits per heavy atom. The first-order valence-corrected chi connectivity index (χ1v) is 10.9. The Morgan fingerprint density at radius 1 is 1.08 bits per heavy atom. The molecule has 0 aliphatic carbocycles. The highest BCUT2D eigenvalue weighted by atomic mass is 32.2. The van der Waals surface area contributed by atoms with Crippen molar-refractivity contribution in [1.82, 2.24) is 9.21 Å². The molecule has 1 aromatic heterocycles. The minimum atomic E-state index is -3.38. The van der Waals surface area contributed by atoms with E-state index in [0.29, 0.717) is 49.3 Å². The highest BCUT2D eigenvalue weighted by molar-refractivity contribution is 7.91. The van der Waals surface area contributed by atoms with E-state index in [0.717, 1.165) is 11.3 Å². The number of aryl methyl sites for hydroxylation is 1. The van der Waals surface area contributed by atoms with Crippen LogP contribution in [0.1, 0.15) is 11.8 Å². The fourth-order valence-corrected chi connectivity index (χ4v) is 5.70. The van der Waals surface area contributed by atoms with Crippen LogP contribution in [0.5, 0.6) is 5.75 Å². The number of benzene rings is 1. The molecule has 1 aliphatic rings. The first kappa shape index (κ1) is 19.3. The topological polar surface area (TPSA) is 49.9 Å². The summed E-state index contributed by atoms with van der Waals surface area (Å²) in [6, 6.07) is 9.54. The third-order valence-corrected chi connectivity index (χ3v) is 8.00. The average molecular weight is 399 g/mol. The number of halogens is 1. The van der Waals surface area contributed by atoms with E-state index < -0.39 is 10.0 Å². The minimum absolute atomic E-state index is 0.286. The lowest BCUT2D eigenvalue weighted by molar-refractivity contribution is 0.159. The van der Waals surface area contributed by atoms with E-state index in [4.69, 9.17) is 4.74 Å². The van der Waals surface area contributed by atoms with Gasteiger partial charge in [-0.15, -0.1) is 11.3 Å². The average Bonchev–Trinajstić information content (AvgIpc) is 3.14. The summed E-state index contributed by atoms with van der Waals surface area (Å²) in [5.41, 5.74) is 0. The zero-order valence-electron chi connectivity index (χ0n) is 14.7. The Kier molecular flexibility index (Phi) is 6.29. The monoisotopic (exact) mass is 398 g/mol. The molecule has 1 saturated heterocycles. The number of rotatable bonds is 7. The largest absolute Gasteiger partial charge is 0.492 e. The van der Waals surface area contributed by atoms with Gasteiger partial charge in [0.1, 0.15) is 22.4 Å². The Balaban J connectivity index is 1.47. The van der Waals surface area contributed by atoms with Crippen LogP contribution in [0.4, 0.5) is 4.39 Å². The smallest absolute Gasteiger partial charge is 0.252 e. The number of thiophene rings is 1. The second kappa shape index (κ2) is 8.47. The number of nitrogens with zero attached hydrogens (tertiary/aromatic N) is 2. The molecule has 0 spiro atoms. The van der Waals surface area contributed by atoms with Gasteiger partial charge in [-0.1, -0.05) is 6.92 Å². The third-order valence-electron chi connectivity index (χ3n) is 4.40. The molecule has 0 bridgehead atoms. The molecule has 0 unspecified atom stereocenters. The van der Waals surface area contributed by atoms with E-state index in [9.17, 15) is 12.8 Å². The van der Waals surface area contributed by atoms with Gasteiger partial charge in [0.15, 0.2) is 0 Å². The molecule has 2 aromatic rings. The van der Waals surface area contributed by atoms with Crippen LogP contribution in [0, 0.1) is 5.82 Å². The zero-order chi connectivity index (χ0) is 18.6.